The van der Waals surface area contributed by atoms with Gasteiger partial charge in [0.05, 0.1) is 14.1 Å². The molecule has 0 amide bonds. The zero-order valence-electron chi connectivity index (χ0n) is 15.9. The van der Waals surface area contributed by atoms with Gasteiger partial charge in [-0.05, 0) is 60.8 Å². The fourth-order valence-corrected chi connectivity index (χ4v) is 5.84. The van der Waals surface area contributed by atoms with Gasteiger partial charge in [-0.1, -0.05) is 57.5 Å². The summed E-state index contributed by atoms with van der Waals surface area (Å²) in [6, 6.07) is 23.3. The van der Waals surface area contributed by atoms with Gasteiger partial charge in [0.25, 0.3) is 0 Å². The molecule has 5 rings (SSSR count). The number of hydrogen-bond donors (Lipinski definition) is 0. The normalized spacial score (nSPS) is 12.0. The van der Waals surface area contributed by atoms with Crippen molar-refractivity contribution in [3.63, 3.8) is 0 Å². The monoisotopic (exact) mass is 422 g/mol. The Morgan fingerprint density at radius 3 is 2.21 bits per heavy atom. The van der Waals surface area contributed by atoms with E-state index in [0.29, 0.717) is 0 Å². The molecule has 0 fully saturated rings. The van der Waals surface area contributed by atoms with Gasteiger partial charge in [0.1, 0.15) is 12.6 Å². The Hall–Kier alpha value is -2.41. The van der Waals surface area contributed by atoms with Crippen LogP contribution in [-0.2, 0) is 0 Å². The van der Waals surface area contributed by atoms with Crippen LogP contribution in [0.15, 0.2) is 66.7 Å². The van der Waals surface area contributed by atoms with Crippen LogP contribution in [-0.4, -0.2) is 16.6 Å². The summed E-state index contributed by atoms with van der Waals surface area (Å²) in [6.45, 7) is 4.20. The van der Waals surface area contributed by atoms with E-state index in [1.807, 2.05) is 28.7 Å². The van der Waals surface area contributed by atoms with E-state index in [2.05, 4.69) is 95.7 Å². The van der Waals surface area contributed by atoms with E-state index < -0.39 is 0 Å². The van der Waals surface area contributed by atoms with Crippen LogP contribution in [0.1, 0.15) is 11.1 Å². The molecular formula is C22H20N3S3+. The predicted octanol–water partition coefficient (Wildman–Crippen LogP) is 6.00. The zero-order chi connectivity index (χ0) is 19.5. The van der Waals surface area contributed by atoms with Crippen LogP contribution in [0.2, 0.25) is 0 Å². The van der Waals surface area contributed by atoms with E-state index in [1.54, 1.807) is 0 Å². The van der Waals surface area contributed by atoms with Gasteiger partial charge < -0.3 is 0 Å². The zero-order valence-corrected chi connectivity index (χ0v) is 18.4. The number of aromatic nitrogens is 2. The summed E-state index contributed by atoms with van der Waals surface area (Å²) in [7, 11) is 2.13. The first-order chi connectivity index (χ1) is 13.6. The molecule has 3 nitrogen and oxygen atoms in total. The van der Waals surface area contributed by atoms with E-state index in [-0.39, 0.29) is 0 Å². The van der Waals surface area contributed by atoms with Crippen LogP contribution in [0.25, 0.3) is 19.6 Å². The SMILES string of the molecule is Cc1ccc2s/c(=[N+](/C)c3ccccc3)sc2c1.Cc1ccc2snnc2c1. The van der Waals surface area contributed by atoms with Crippen molar-refractivity contribution in [2.75, 3.05) is 7.05 Å². The summed E-state index contributed by atoms with van der Waals surface area (Å²) in [4.78, 5) is 0. The lowest BCUT2D eigenvalue weighted by Crippen LogP contribution is -2.14. The maximum Gasteiger partial charge on any atom is 0.320 e. The third-order valence-electron chi connectivity index (χ3n) is 4.31. The highest BCUT2D eigenvalue weighted by molar-refractivity contribution is 7.35. The number of rotatable bonds is 1. The molecule has 2 aromatic heterocycles. The molecule has 0 bridgehead atoms. The Morgan fingerprint density at radius 1 is 0.750 bits per heavy atom. The molecule has 0 N–H and O–H groups in total. The van der Waals surface area contributed by atoms with Gasteiger partial charge >= 0.3 is 3.98 Å². The van der Waals surface area contributed by atoms with E-state index >= 15 is 0 Å². The summed E-state index contributed by atoms with van der Waals surface area (Å²) >= 11 is 5.15. The number of benzene rings is 3. The Morgan fingerprint density at radius 2 is 1.43 bits per heavy atom. The lowest BCUT2D eigenvalue weighted by molar-refractivity contribution is 0.931. The van der Waals surface area contributed by atoms with E-state index in [9.17, 15) is 0 Å². The highest BCUT2D eigenvalue weighted by Crippen LogP contribution is 2.22. The maximum absolute atomic E-state index is 3.95. The molecule has 140 valence electrons. The molecule has 0 aliphatic rings. The van der Waals surface area contributed by atoms with E-state index in [0.717, 1.165) is 10.2 Å². The van der Waals surface area contributed by atoms with E-state index in [1.165, 1.54) is 41.7 Å². The summed E-state index contributed by atoms with van der Waals surface area (Å²) in [5, 5.41) is 3.95. The molecular weight excluding hydrogens is 402 g/mol. The number of aryl methyl sites for hydroxylation is 2. The molecule has 28 heavy (non-hydrogen) atoms. The van der Waals surface area contributed by atoms with Crippen LogP contribution in [0.3, 0.4) is 0 Å². The summed E-state index contributed by atoms with van der Waals surface area (Å²) in [5.41, 5.74) is 4.80. The van der Waals surface area contributed by atoms with Gasteiger partial charge in [0.15, 0.2) is 0 Å². The molecule has 0 unspecified atom stereocenters. The van der Waals surface area contributed by atoms with Gasteiger partial charge in [-0.15, -0.1) is 5.10 Å². The van der Waals surface area contributed by atoms with Crippen LogP contribution in [0.5, 0.6) is 0 Å². The molecule has 3 aromatic carbocycles. The summed E-state index contributed by atoms with van der Waals surface area (Å²) in [5.74, 6) is 0. The van der Waals surface area contributed by atoms with Crippen molar-refractivity contribution >= 4 is 59.5 Å². The Labute approximate surface area is 176 Å². The minimum absolute atomic E-state index is 1.00. The fraction of sp³-hybridized carbons (Fsp3) is 0.136. The lowest BCUT2D eigenvalue weighted by Gasteiger charge is -1.91. The molecule has 0 aliphatic carbocycles. The van der Waals surface area contributed by atoms with Crippen molar-refractivity contribution in [1.29, 1.82) is 0 Å². The lowest BCUT2D eigenvalue weighted by atomic mass is 10.2. The number of nitrogens with zero attached hydrogens (tertiary/aromatic N) is 3. The third-order valence-corrected chi connectivity index (χ3v) is 7.68. The molecule has 0 saturated heterocycles. The van der Waals surface area contributed by atoms with Crippen molar-refractivity contribution in [2.45, 2.75) is 13.8 Å². The minimum Gasteiger partial charge on any atom is -0.177 e. The number of fused-ring (bicyclic) bond motifs is 2. The van der Waals surface area contributed by atoms with Crippen LogP contribution in [0, 0.1) is 13.8 Å². The second kappa shape index (κ2) is 8.31. The maximum atomic E-state index is 3.95. The van der Waals surface area contributed by atoms with Crippen molar-refractivity contribution < 1.29 is 0 Å². The van der Waals surface area contributed by atoms with Crippen LogP contribution >= 0.6 is 34.2 Å². The quantitative estimate of drug-likeness (QED) is 0.310. The largest absolute Gasteiger partial charge is 0.320 e. The molecule has 0 spiro atoms. The Balaban J connectivity index is 0.000000162. The number of para-hydroxylation sites is 1. The molecule has 5 aromatic rings. The topological polar surface area (TPSA) is 28.8 Å². The minimum atomic E-state index is 1.00. The summed E-state index contributed by atoms with van der Waals surface area (Å²) in [6.07, 6.45) is 0. The van der Waals surface area contributed by atoms with Gasteiger partial charge in [0.2, 0.25) is 5.69 Å². The van der Waals surface area contributed by atoms with Gasteiger partial charge in [-0.25, -0.2) is 0 Å². The van der Waals surface area contributed by atoms with Crippen molar-refractivity contribution in [1.82, 2.24) is 14.2 Å². The average molecular weight is 423 g/mol. The van der Waals surface area contributed by atoms with Crippen molar-refractivity contribution in [2.24, 2.45) is 0 Å². The Kier molecular flexibility index (Phi) is 5.62. The molecule has 0 saturated carbocycles. The van der Waals surface area contributed by atoms with E-state index in [4.69, 9.17) is 0 Å². The third kappa shape index (κ3) is 4.19. The second-order valence-electron chi connectivity index (χ2n) is 6.56. The molecule has 0 aliphatic heterocycles. The number of hydrogen-bond acceptors (Lipinski definition) is 5. The fourth-order valence-electron chi connectivity index (χ4n) is 2.77. The van der Waals surface area contributed by atoms with Crippen LogP contribution < -0.4 is 8.56 Å². The standard InChI is InChI=1S/C15H14NS2.C7H6N2S/c1-11-8-9-13-14(10-11)18-15(17-13)16(2)12-6-4-3-5-7-12;1-5-2-3-7-6(4-5)8-9-10-7/h3-10H,1-2H3;2-4H,1H3/q+1;/b16-15+;. The van der Waals surface area contributed by atoms with Crippen LogP contribution in [0.4, 0.5) is 5.69 Å². The summed E-state index contributed by atoms with van der Waals surface area (Å²) < 4.78 is 11.3. The first kappa shape index (κ1) is 18.9. The van der Waals surface area contributed by atoms with Gasteiger partial charge in [-0.3, -0.25) is 0 Å². The van der Waals surface area contributed by atoms with Crippen molar-refractivity contribution in [3.8, 4) is 0 Å². The van der Waals surface area contributed by atoms with Gasteiger partial charge in [0, 0.05) is 12.1 Å². The highest BCUT2D eigenvalue weighted by atomic mass is 32.2. The first-order valence-corrected chi connectivity index (χ1v) is 11.3. The molecule has 2 heterocycles. The smallest absolute Gasteiger partial charge is 0.177 e. The highest BCUT2D eigenvalue weighted by Gasteiger charge is 2.08. The van der Waals surface area contributed by atoms with Gasteiger partial charge in [-0.2, -0.15) is 4.58 Å². The van der Waals surface area contributed by atoms with Crippen molar-refractivity contribution in [3.05, 3.63) is 81.8 Å². The average Bonchev–Trinajstić information content (AvgIpc) is 3.34. The molecule has 0 radical (unpaired) electrons. The second-order valence-corrected chi connectivity index (χ2v) is 9.66. The molecule has 6 heteroatoms. The predicted molar refractivity (Wildman–Crippen MR) is 124 cm³/mol. The Bertz CT molecular complexity index is 1300. The first-order valence-electron chi connectivity index (χ1n) is 8.91. The molecule has 0 atom stereocenters.